The molecular formula is C15H16N2O3. The Morgan fingerprint density at radius 3 is 2.70 bits per heavy atom. The van der Waals surface area contributed by atoms with E-state index in [9.17, 15) is 14.4 Å². The van der Waals surface area contributed by atoms with Crippen molar-refractivity contribution in [2.75, 3.05) is 5.73 Å². The molecule has 2 amide bonds. The summed E-state index contributed by atoms with van der Waals surface area (Å²) in [6, 6.07) is 5.36. The first-order chi connectivity index (χ1) is 9.56. The van der Waals surface area contributed by atoms with Crippen molar-refractivity contribution in [1.29, 1.82) is 0 Å². The van der Waals surface area contributed by atoms with Crippen LogP contribution in [0.2, 0.25) is 0 Å². The number of ketones is 1. The number of hydrogen-bond donors (Lipinski definition) is 2. The van der Waals surface area contributed by atoms with Gasteiger partial charge in [-0.1, -0.05) is 12.1 Å². The van der Waals surface area contributed by atoms with E-state index in [1.165, 1.54) is 0 Å². The van der Waals surface area contributed by atoms with E-state index in [4.69, 9.17) is 5.73 Å². The van der Waals surface area contributed by atoms with Gasteiger partial charge in [0, 0.05) is 29.5 Å². The lowest BCUT2D eigenvalue weighted by atomic mass is 9.86. The molecular weight excluding hydrogens is 256 g/mol. The van der Waals surface area contributed by atoms with E-state index in [2.05, 4.69) is 5.32 Å². The van der Waals surface area contributed by atoms with Crippen LogP contribution in [0.3, 0.4) is 0 Å². The third kappa shape index (κ3) is 2.09. The first kappa shape index (κ1) is 12.8. The number of carbonyl (C=O) groups is 3. The van der Waals surface area contributed by atoms with Gasteiger partial charge in [0.25, 0.3) is 0 Å². The zero-order valence-corrected chi connectivity index (χ0v) is 11.0. The number of piperidine rings is 1. The number of Topliss-reactive ketones (excluding diaryl/α,β-unsaturated/α-hetero) is 1. The summed E-state index contributed by atoms with van der Waals surface area (Å²) in [6.45, 7) is 0. The smallest absolute Gasteiger partial charge is 0.229 e. The molecule has 5 nitrogen and oxygen atoms in total. The molecule has 0 radical (unpaired) electrons. The van der Waals surface area contributed by atoms with Crippen LogP contribution in [0.25, 0.3) is 0 Å². The summed E-state index contributed by atoms with van der Waals surface area (Å²) in [5.41, 5.74) is 8.12. The molecule has 0 bridgehead atoms. The highest BCUT2D eigenvalue weighted by Gasteiger charge is 2.36. The molecule has 1 aliphatic carbocycles. The number of imide groups is 1. The number of rotatable bonds is 2. The van der Waals surface area contributed by atoms with Gasteiger partial charge in [-0.05, 0) is 30.9 Å². The maximum atomic E-state index is 12.3. The zero-order valence-electron chi connectivity index (χ0n) is 11.0. The van der Waals surface area contributed by atoms with Crippen molar-refractivity contribution < 1.29 is 14.4 Å². The number of carbonyl (C=O) groups excluding carboxylic acids is 3. The Balaban J connectivity index is 1.75. The highest BCUT2D eigenvalue weighted by atomic mass is 16.2. The maximum absolute atomic E-state index is 12.3. The fourth-order valence-electron chi connectivity index (χ4n) is 3.12. The normalized spacial score (nSPS) is 25.5. The SMILES string of the molecule is Nc1cccc2c1C[C@H](CC1CCC(=O)NC1=O)C2=O. The van der Waals surface area contributed by atoms with E-state index in [0.29, 0.717) is 36.9 Å². The Morgan fingerprint density at radius 2 is 2.00 bits per heavy atom. The first-order valence-electron chi connectivity index (χ1n) is 6.81. The Morgan fingerprint density at radius 1 is 1.20 bits per heavy atom. The molecule has 0 aromatic heterocycles. The predicted octanol–water partition coefficient (Wildman–Crippen LogP) is 1.07. The van der Waals surface area contributed by atoms with Gasteiger partial charge >= 0.3 is 0 Å². The molecule has 2 aliphatic rings. The van der Waals surface area contributed by atoms with Crippen LogP contribution < -0.4 is 11.1 Å². The van der Waals surface area contributed by atoms with Crippen LogP contribution >= 0.6 is 0 Å². The van der Waals surface area contributed by atoms with Gasteiger partial charge in [0.05, 0.1) is 0 Å². The Kier molecular flexibility index (Phi) is 3.04. The van der Waals surface area contributed by atoms with Gasteiger partial charge in [0.15, 0.2) is 5.78 Å². The Bertz CT molecular complexity index is 609. The Labute approximate surface area is 116 Å². The summed E-state index contributed by atoms with van der Waals surface area (Å²) in [7, 11) is 0. The second kappa shape index (κ2) is 4.74. The van der Waals surface area contributed by atoms with Crippen molar-refractivity contribution in [2.24, 2.45) is 11.8 Å². The van der Waals surface area contributed by atoms with Crippen LogP contribution in [0, 0.1) is 11.8 Å². The number of benzene rings is 1. The molecule has 1 fully saturated rings. The van der Waals surface area contributed by atoms with E-state index in [-0.39, 0.29) is 29.4 Å². The van der Waals surface area contributed by atoms with Gasteiger partial charge in [-0.25, -0.2) is 0 Å². The van der Waals surface area contributed by atoms with Gasteiger partial charge in [-0.2, -0.15) is 0 Å². The average molecular weight is 272 g/mol. The highest BCUT2D eigenvalue weighted by Crippen LogP contribution is 2.35. The number of hydrogen-bond acceptors (Lipinski definition) is 4. The molecule has 104 valence electrons. The van der Waals surface area contributed by atoms with Crippen LogP contribution in [-0.2, 0) is 16.0 Å². The van der Waals surface area contributed by atoms with Crippen molar-refractivity contribution in [3.05, 3.63) is 29.3 Å². The molecule has 3 rings (SSSR count). The molecule has 1 saturated heterocycles. The largest absolute Gasteiger partial charge is 0.398 e. The fraction of sp³-hybridized carbons (Fsp3) is 0.400. The minimum absolute atomic E-state index is 0.0667. The summed E-state index contributed by atoms with van der Waals surface area (Å²) in [6.07, 6.45) is 1.97. The third-order valence-corrected chi connectivity index (χ3v) is 4.22. The predicted molar refractivity (Wildman–Crippen MR) is 72.9 cm³/mol. The zero-order chi connectivity index (χ0) is 14.3. The number of anilines is 1. The van der Waals surface area contributed by atoms with Gasteiger partial charge in [0.2, 0.25) is 11.8 Å². The van der Waals surface area contributed by atoms with Crippen molar-refractivity contribution in [3.63, 3.8) is 0 Å². The van der Waals surface area contributed by atoms with Crippen molar-refractivity contribution in [2.45, 2.75) is 25.7 Å². The number of nitrogens with two attached hydrogens (primary N) is 1. The molecule has 0 saturated carbocycles. The second-order valence-electron chi connectivity index (χ2n) is 5.52. The summed E-state index contributed by atoms with van der Waals surface area (Å²) in [5.74, 6) is -0.859. The molecule has 0 spiro atoms. The van der Waals surface area contributed by atoms with E-state index in [0.717, 1.165) is 5.56 Å². The van der Waals surface area contributed by atoms with Crippen LogP contribution in [0.4, 0.5) is 5.69 Å². The summed E-state index contributed by atoms with van der Waals surface area (Å²) in [5, 5.41) is 2.34. The first-order valence-corrected chi connectivity index (χ1v) is 6.81. The van der Waals surface area contributed by atoms with Crippen LogP contribution in [0.15, 0.2) is 18.2 Å². The number of nitrogen functional groups attached to an aromatic ring is 1. The molecule has 3 N–H and O–H groups in total. The quantitative estimate of drug-likeness (QED) is 0.622. The van der Waals surface area contributed by atoms with Gasteiger partial charge < -0.3 is 5.73 Å². The number of fused-ring (bicyclic) bond motifs is 1. The number of nitrogens with one attached hydrogen (secondary N) is 1. The standard InChI is InChI=1S/C15H16N2O3/c16-12-3-1-2-10-11(12)7-9(14(10)19)6-8-4-5-13(18)17-15(8)20/h1-3,8-9H,4-7,16H2,(H,17,18,20)/t8?,9-/m0/s1. The van der Waals surface area contributed by atoms with Crippen LogP contribution in [0.5, 0.6) is 0 Å². The van der Waals surface area contributed by atoms with Crippen molar-refractivity contribution >= 4 is 23.3 Å². The van der Waals surface area contributed by atoms with Gasteiger partial charge in [-0.3, -0.25) is 19.7 Å². The fourth-order valence-corrected chi connectivity index (χ4v) is 3.12. The summed E-state index contributed by atoms with van der Waals surface area (Å²) >= 11 is 0. The minimum Gasteiger partial charge on any atom is -0.398 e. The molecule has 1 aromatic carbocycles. The minimum atomic E-state index is -0.253. The summed E-state index contributed by atoms with van der Waals surface area (Å²) < 4.78 is 0. The van der Waals surface area contributed by atoms with Gasteiger partial charge in [-0.15, -0.1) is 0 Å². The molecule has 1 aromatic rings. The molecule has 1 heterocycles. The lowest BCUT2D eigenvalue weighted by Gasteiger charge is -2.22. The van der Waals surface area contributed by atoms with Gasteiger partial charge in [0.1, 0.15) is 0 Å². The average Bonchev–Trinajstić information content (AvgIpc) is 2.72. The highest BCUT2D eigenvalue weighted by molar-refractivity contribution is 6.04. The monoisotopic (exact) mass is 272 g/mol. The third-order valence-electron chi connectivity index (χ3n) is 4.22. The maximum Gasteiger partial charge on any atom is 0.229 e. The van der Waals surface area contributed by atoms with Crippen molar-refractivity contribution in [1.82, 2.24) is 5.32 Å². The molecule has 20 heavy (non-hydrogen) atoms. The van der Waals surface area contributed by atoms with E-state index in [1.54, 1.807) is 18.2 Å². The second-order valence-corrected chi connectivity index (χ2v) is 5.52. The molecule has 1 unspecified atom stereocenters. The summed E-state index contributed by atoms with van der Waals surface area (Å²) in [4.78, 5) is 35.2. The van der Waals surface area contributed by atoms with E-state index < -0.39 is 0 Å². The topological polar surface area (TPSA) is 89.3 Å². The lowest BCUT2D eigenvalue weighted by molar-refractivity contribution is -0.136. The molecule has 5 heteroatoms. The lowest BCUT2D eigenvalue weighted by Crippen LogP contribution is -2.41. The van der Waals surface area contributed by atoms with Crippen LogP contribution in [0.1, 0.15) is 35.2 Å². The van der Waals surface area contributed by atoms with Crippen molar-refractivity contribution in [3.8, 4) is 0 Å². The van der Waals surface area contributed by atoms with Crippen LogP contribution in [-0.4, -0.2) is 17.6 Å². The Hall–Kier alpha value is -2.17. The number of amides is 2. The molecule has 2 atom stereocenters. The van der Waals surface area contributed by atoms with E-state index >= 15 is 0 Å². The molecule has 1 aliphatic heterocycles. The van der Waals surface area contributed by atoms with E-state index in [1.807, 2.05) is 0 Å².